The molecule has 9 heteroatoms. The van der Waals surface area contributed by atoms with Crippen molar-refractivity contribution in [3.05, 3.63) is 68.9 Å². The molecule has 0 aliphatic carbocycles. The van der Waals surface area contributed by atoms with E-state index in [-0.39, 0.29) is 18.3 Å². The lowest BCUT2D eigenvalue weighted by molar-refractivity contribution is -0.158. The van der Waals surface area contributed by atoms with Gasteiger partial charge in [-0.3, -0.25) is 19.1 Å². The first-order valence-electron chi connectivity index (χ1n) is 18.5. The highest BCUT2D eigenvalue weighted by Crippen LogP contribution is 2.33. The van der Waals surface area contributed by atoms with Crippen LogP contribution in [0.5, 0.6) is 5.75 Å². The molecule has 0 bridgehead atoms. The van der Waals surface area contributed by atoms with Gasteiger partial charge < -0.3 is 14.4 Å². The van der Waals surface area contributed by atoms with Crippen molar-refractivity contribution in [2.24, 2.45) is 5.41 Å². The number of esters is 1. The van der Waals surface area contributed by atoms with Crippen molar-refractivity contribution in [1.29, 1.82) is 0 Å². The summed E-state index contributed by atoms with van der Waals surface area (Å²) < 4.78 is 13.4. The summed E-state index contributed by atoms with van der Waals surface area (Å²) in [6.45, 7) is 11.4. The average Bonchev–Trinajstić information content (AvgIpc) is 3.10. The Kier molecular flexibility index (Phi) is 16.1. The number of anilines is 1. The van der Waals surface area contributed by atoms with Gasteiger partial charge in [-0.15, -0.1) is 0 Å². The van der Waals surface area contributed by atoms with Crippen LogP contribution < -0.4 is 15.2 Å². The maximum Gasteiger partial charge on any atom is 0.313 e. The highest BCUT2D eigenvalue weighted by molar-refractivity contribution is 6.43. The van der Waals surface area contributed by atoms with Crippen molar-refractivity contribution >= 4 is 45.8 Å². The fraction of sp³-hybridized carbons (Fsp3) is 0.600. The summed E-state index contributed by atoms with van der Waals surface area (Å²) in [7, 11) is 0. The van der Waals surface area contributed by atoms with Crippen LogP contribution in [-0.4, -0.2) is 54.8 Å². The fourth-order valence-corrected chi connectivity index (χ4v) is 6.96. The first kappa shape index (κ1) is 39.1. The smallest absolute Gasteiger partial charge is 0.313 e. The third-order valence-electron chi connectivity index (χ3n) is 9.78. The summed E-state index contributed by atoms with van der Waals surface area (Å²) >= 11 is 12.6. The van der Waals surface area contributed by atoms with Gasteiger partial charge >= 0.3 is 5.97 Å². The minimum atomic E-state index is -0.597. The minimum absolute atomic E-state index is 0.114. The average molecular weight is 715 g/mol. The van der Waals surface area contributed by atoms with Crippen molar-refractivity contribution in [3.8, 4) is 5.75 Å². The van der Waals surface area contributed by atoms with Gasteiger partial charge in [-0.1, -0.05) is 100 Å². The van der Waals surface area contributed by atoms with Gasteiger partial charge in [0.25, 0.3) is 5.56 Å². The van der Waals surface area contributed by atoms with E-state index < -0.39 is 5.41 Å². The molecule has 0 spiro atoms. The second-order valence-corrected chi connectivity index (χ2v) is 14.9. The Hall–Kier alpha value is -2.74. The lowest BCUT2D eigenvalue weighted by Gasteiger charge is -2.36. The van der Waals surface area contributed by atoms with Gasteiger partial charge in [0.2, 0.25) is 0 Å². The molecule has 1 fully saturated rings. The number of benzene rings is 2. The minimum Gasteiger partial charge on any atom is -0.494 e. The van der Waals surface area contributed by atoms with E-state index in [0.717, 1.165) is 75.9 Å². The van der Waals surface area contributed by atoms with E-state index in [1.165, 1.54) is 62.0 Å². The quantitative estimate of drug-likeness (QED) is 0.0809. The molecule has 0 saturated carbocycles. The monoisotopic (exact) mass is 713 g/mol. The summed E-state index contributed by atoms with van der Waals surface area (Å²) in [5.74, 6) is 0.431. The van der Waals surface area contributed by atoms with Crippen LogP contribution in [0.25, 0.3) is 10.9 Å². The molecular formula is C40H57Cl2N3O4. The lowest BCUT2D eigenvalue weighted by atomic mass is 9.87. The zero-order valence-electron chi connectivity index (χ0n) is 30.0. The fourth-order valence-electron chi connectivity index (χ4n) is 6.54. The summed E-state index contributed by atoms with van der Waals surface area (Å²) in [6, 6.07) is 14.9. The van der Waals surface area contributed by atoms with Gasteiger partial charge in [-0.2, -0.15) is 0 Å². The first-order valence-corrected chi connectivity index (χ1v) is 19.3. The molecule has 0 unspecified atom stereocenters. The number of hydrogen-bond donors (Lipinski definition) is 0. The molecule has 0 radical (unpaired) electrons. The van der Waals surface area contributed by atoms with E-state index in [2.05, 4.69) is 16.7 Å². The lowest BCUT2D eigenvalue weighted by Crippen LogP contribution is -2.46. The number of fused-ring (bicyclic) bond motifs is 1. The molecule has 1 aliphatic rings. The molecule has 270 valence electrons. The second-order valence-electron chi connectivity index (χ2n) is 14.2. The normalized spacial score (nSPS) is 14.0. The number of nitrogens with zero attached hydrogens (tertiary/aromatic N) is 3. The number of pyridine rings is 1. The van der Waals surface area contributed by atoms with Crippen molar-refractivity contribution < 1.29 is 14.3 Å². The molecule has 7 nitrogen and oxygen atoms in total. The molecule has 1 aromatic heterocycles. The number of aromatic nitrogens is 1. The van der Waals surface area contributed by atoms with Gasteiger partial charge in [0, 0.05) is 38.3 Å². The Labute approximate surface area is 303 Å². The first-order chi connectivity index (χ1) is 23.7. The van der Waals surface area contributed by atoms with E-state index >= 15 is 0 Å². The van der Waals surface area contributed by atoms with Crippen LogP contribution >= 0.6 is 23.2 Å². The Balaban J connectivity index is 1.17. The van der Waals surface area contributed by atoms with Crippen molar-refractivity contribution in [2.45, 2.75) is 111 Å². The van der Waals surface area contributed by atoms with E-state index in [9.17, 15) is 9.59 Å². The summed E-state index contributed by atoms with van der Waals surface area (Å²) in [5.41, 5.74) is 0.899. The van der Waals surface area contributed by atoms with Gasteiger partial charge in [-0.25, -0.2) is 0 Å². The Bertz CT molecular complexity index is 1520. The number of hydrogen-bond acceptors (Lipinski definition) is 6. The van der Waals surface area contributed by atoms with Crippen LogP contribution in [0.15, 0.2) is 53.3 Å². The highest BCUT2D eigenvalue weighted by atomic mass is 35.5. The molecule has 0 atom stereocenters. The van der Waals surface area contributed by atoms with Gasteiger partial charge in [0.1, 0.15) is 5.75 Å². The highest BCUT2D eigenvalue weighted by Gasteiger charge is 2.29. The largest absolute Gasteiger partial charge is 0.494 e. The van der Waals surface area contributed by atoms with Gasteiger partial charge in [-0.05, 0) is 75.4 Å². The van der Waals surface area contributed by atoms with Crippen LogP contribution in [0.1, 0.15) is 104 Å². The van der Waals surface area contributed by atoms with Gasteiger partial charge in [0.05, 0.1) is 33.3 Å². The predicted molar refractivity (Wildman–Crippen MR) is 204 cm³/mol. The van der Waals surface area contributed by atoms with Crippen molar-refractivity contribution in [3.63, 3.8) is 0 Å². The van der Waals surface area contributed by atoms with E-state index in [1.807, 2.05) is 50.2 Å². The zero-order chi connectivity index (χ0) is 35.1. The Morgan fingerprint density at radius 3 is 2.20 bits per heavy atom. The predicted octanol–water partition coefficient (Wildman–Crippen LogP) is 10.1. The number of carbonyl (C=O) groups excluding carboxylic acids is 1. The van der Waals surface area contributed by atoms with E-state index in [0.29, 0.717) is 27.9 Å². The van der Waals surface area contributed by atoms with E-state index in [4.69, 9.17) is 32.7 Å². The number of rotatable bonds is 21. The van der Waals surface area contributed by atoms with Crippen LogP contribution in [0, 0.1) is 5.41 Å². The zero-order valence-corrected chi connectivity index (χ0v) is 31.5. The third-order valence-corrected chi connectivity index (χ3v) is 10.6. The number of piperazine rings is 1. The van der Waals surface area contributed by atoms with Crippen LogP contribution in [-0.2, 0) is 16.3 Å². The molecule has 3 aromatic rings. The number of ether oxygens (including phenoxy) is 2. The van der Waals surface area contributed by atoms with Gasteiger partial charge in [0.15, 0.2) is 6.73 Å². The number of carbonyl (C=O) groups is 1. The molecule has 4 rings (SSSR count). The van der Waals surface area contributed by atoms with Crippen molar-refractivity contribution in [1.82, 2.24) is 9.47 Å². The topological polar surface area (TPSA) is 64.0 Å². The second kappa shape index (κ2) is 20.2. The van der Waals surface area contributed by atoms with E-state index in [1.54, 1.807) is 6.07 Å². The molecule has 2 heterocycles. The maximum absolute atomic E-state index is 13.1. The molecule has 2 aromatic carbocycles. The Morgan fingerprint density at radius 2 is 1.49 bits per heavy atom. The van der Waals surface area contributed by atoms with Crippen LogP contribution in [0.3, 0.4) is 0 Å². The molecule has 1 aliphatic heterocycles. The summed E-state index contributed by atoms with van der Waals surface area (Å²) in [5, 5.41) is 2.11. The number of halogens is 2. The molecular weight excluding hydrogens is 657 g/mol. The SMILES string of the molecule is CCCCCCCCCCCCC(C)(C)C(=O)OCn1c(=O)ccc2ccc(OCCCCN3CCN(c4cccc(Cl)c4Cl)CC3)cc21. The molecule has 0 N–H and O–H groups in total. The maximum atomic E-state index is 13.1. The van der Waals surface area contributed by atoms with Crippen molar-refractivity contribution in [2.75, 3.05) is 44.2 Å². The summed E-state index contributed by atoms with van der Waals surface area (Å²) in [6.07, 6.45) is 15.3. The third kappa shape index (κ3) is 12.2. The molecule has 1 saturated heterocycles. The number of unbranched alkanes of at least 4 members (excludes halogenated alkanes) is 10. The summed E-state index contributed by atoms with van der Waals surface area (Å²) in [4.78, 5) is 30.7. The van der Waals surface area contributed by atoms with Crippen LogP contribution in [0.2, 0.25) is 10.0 Å². The molecule has 0 amide bonds. The molecule has 49 heavy (non-hydrogen) atoms. The Morgan fingerprint density at radius 1 is 0.816 bits per heavy atom. The standard InChI is InChI=1S/C40H57Cl2N3O4/c1-4-5-6-7-8-9-10-11-12-13-23-40(2,3)39(47)49-31-45-36-30-33(21-19-32(36)20-22-37(45)46)48-29-15-14-24-43-25-27-44(28-26-43)35-18-16-17-34(41)38(35)42/h16-22,30H,4-15,23-29,31H2,1-3H3. The van der Waals surface area contributed by atoms with Crippen LogP contribution in [0.4, 0.5) is 5.69 Å².